The van der Waals surface area contributed by atoms with E-state index in [0.717, 1.165) is 32.2 Å². The number of piperazine rings is 1. The van der Waals surface area contributed by atoms with Crippen molar-refractivity contribution in [2.45, 2.75) is 39.4 Å². The van der Waals surface area contributed by atoms with Crippen LogP contribution in [0.5, 0.6) is 11.5 Å². The van der Waals surface area contributed by atoms with Gasteiger partial charge in [0.1, 0.15) is 23.1 Å². The number of aromatic nitrogens is 1. The monoisotopic (exact) mass is 578 g/mol. The third-order valence-corrected chi connectivity index (χ3v) is 7.04. The second kappa shape index (κ2) is 12.3. The number of alkyl halides is 4. The molecule has 41 heavy (non-hydrogen) atoms. The zero-order valence-electron chi connectivity index (χ0n) is 23.1. The van der Waals surface area contributed by atoms with Crippen LogP contribution in [0.3, 0.4) is 0 Å². The van der Waals surface area contributed by atoms with Crippen molar-refractivity contribution < 1.29 is 36.2 Å². The van der Waals surface area contributed by atoms with Gasteiger partial charge in [0, 0.05) is 44.9 Å². The van der Waals surface area contributed by atoms with E-state index in [0.29, 0.717) is 28.2 Å². The van der Waals surface area contributed by atoms with Crippen LogP contribution in [0.2, 0.25) is 0 Å². The number of amides is 1. The van der Waals surface area contributed by atoms with Gasteiger partial charge in [-0.1, -0.05) is 6.07 Å². The number of benzene rings is 2. The smallest absolute Gasteiger partial charge is 0.387 e. The summed E-state index contributed by atoms with van der Waals surface area (Å²) in [5.41, 5.74) is 1.10. The fourth-order valence-electron chi connectivity index (χ4n) is 4.84. The molecule has 3 aromatic rings. The number of hydrogen-bond acceptors (Lipinski definition) is 6. The van der Waals surface area contributed by atoms with E-state index in [-0.39, 0.29) is 5.56 Å². The average molecular weight is 579 g/mol. The summed E-state index contributed by atoms with van der Waals surface area (Å²) in [7, 11) is 1.53. The Kier molecular flexibility index (Phi) is 9.01. The van der Waals surface area contributed by atoms with Gasteiger partial charge in [-0.2, -0.15) is 17.6 Å². The Bertz CT molecular complexity index is 1370. The largest absolute Gasteiger partial charge is 0.435 e. The Morgan fingerprint density at radius 2 is 1.59 bits per heavy atom. The molecule has 1 aliphatic rings. The first-order valence-electron chi connectivity index (χ1n) is 12.9. The van der Waals surface area contributed by atoms with Crippen molar-refractivity contribution in [3.63, 3.8) is 0 Å². The molecule has 1 saturated heterocycles. The van der Waals surface area contributed by atoms with E-state index in [2.05, 4.69) is 24.7 Å². The van der Waals surface area contributed by atoms with Gasteiger partial charge < -0.3 is 24.6 Å². The van der Waals surface area contributed by atoms with Crippen LogP contribution in [0.25, 0.3) is 11.1 Å². The minimum atomic E-state index is -3.21. The van der Waals surface area contributed by atoms with Gasteiger partial charge in [-0.05, 0) is 67.8 Å². The van der Waals surface area contributed by atoms with Gasteiger partial charge in [0.05, 0.1) is 17.3 Å². The first-order chi connectivity index (χ1) is 19.4. The van der Waals surface area contributed by atoms with Crippen LogP contribution in [0.4, 0.5) is 33.5 Å². The van der Waals surface area contributed by atoms with E-state index in [1.54, 1.807) is 19.2 Å². The standard InChI is InChI=1S/C29H31F5N4O3/c1-17-11-19(30)5-6-22(17)23-15-25(38-9-7-35-8-10-38)36-16-24(23)37(4)26(39)29(2,3)18-12-20(40-27(31)32)14-21(13-18)41-28(33)34/h5-6,11-16,27-28,35H,7-10H2,1-4H3. The van der Waals surface area contributed by atoms with Crippen LogP contribution < -0.4 is 24.6 Å². The average Bonchev–Trinajstić information content (AvgIpc) is 2.91. The summed E-state index contributed by atoms with van der Waals surface area (Å²) >= 11 is 0. The summed E-state index contributed by atoms with van der Waals surface area (Å²) < 4.78 is 74.7. The molecule has 0 bridgehead atoms. The zero-order valence-corrected chi connectivity index (χ0v) is 23.1. The van der Waals surface area contributed by atoms with Crippen molar-refractivity contribution in [1.29, 1.82) is 0 Å². The lowest BCUT2D eigenvalue weighted by atomic mass is 9.82. The molecule has 0 unspecified atom stereocenters. The summed E-state index contributed by atoms with van der Waals surface area (Å²) in [5, 5.41) is 3.29. The maximum absolute atomic E-state index is 14.0. The SMILES string of the molecule is Cc1cc(F)ccc1-c1cc(N2CCNCC2)ncc1N(C)C(=O)C(C)(C)c1cc(OC(F)F)cc(OC(F)F)c1. The van der Waals surface area contributed by atoms with E-state index < -0.39 is 41.9 Å². The van der Waals surface area contributed by atoms with Gasteiger partial charge in [-0.3, -0.25) is 4.79 Å². The molecule has 1 aromatic heterocycles. The molecule has 0 atom stereocenters. The van der Waals surface area contributed by atoms with E-state index in [9.17, 15) is 26.7 Å². The van der Waals surface area contributed by atoms with Crippen molar-refractivity contribution in [2.24, 2.45) is 0 Å². The highest BCUT2D eigenvalue weighted by atomic mass is 19.3. The van der Waals surface area contributed by atoms with Gasteiger partial charge in [-0.25, -0.2) is 9.37 Å². The second-order valence-electron chi connectivity index (χ2n) is 10.2. The molecule has 12 heteroatoms. The van der Waals surface area contributed by atoms with Crippen LogP contribution in [0.1, 0.15) is 25.0 Å². The van der Waals surface area contributed by atoms with Crippen molar-refractivity contribution in [1.82, 2.24) is 10.3 Å². The highest BCUT2D eigenvalue weighted by Gasteiger charge is 2.35. The number of anilines is 2. The van der Waals surface area contributed by atoms with Gasteiger partial charge in [0.25, 0.3) is 0 Å². The minimum Gasteiger partial charge on any atom is -0.435 e. The summed E-state index contributed by atoms with van der Waals surface area (Å²) in [6, 6.07) is 9.49. The van der Waals surface area contributed by atoms with Crippen LogP contribution >= 0.6 is 0 Å². The van der Waals surface area contributed by atoms with Gasteiger partial charge in [0.2, 0.25) is 5.91 Å². The fraction of sp³-hybridized carbons (Fsp3) is 0.379. The minimum absolute atomic E-state index is 0.119. The molecule has 220 valence electrons. The number of aryl methyl sites for hydroxylation is 1. The van der Waals surface area contributed by atoms with Crippen molar-refractivity contribution >= 4 is 17.4 Å². The lowest BCUT2D eigenvalue weighted by Gasteiger charge is -2.33. The Labute approximate surface area is 234 Å². The number of nitrogens with one attached hydrogen (secondary N) is 1. The summed E-state index contributed by atoms with van der Waals surface area (Å²) in [6.07, 6.45) is 1.56. The molecular weight excluding hydrogens is 547 g/mol. The van der Waals surface area contributed by atoms with Gasteiger partial charge >= 0.3 is 13.2 Å². The quantitative estimate of drug-likeness (QED) is 0.327. The molecule has 2 aromatic carbocycles. The normalized spacial score (nSPS) is 14.0. The molecule has 0 radical (unpaired) electrons. The molecule has 1 fully saturated rings. The van der Waals surface area contributed by atoms with Crippen LogP contribution in [-0.2, 0) is 10.2 Å². The van der Waals surface area contributed by atoms with E-state index in [1.807, 2.05) is 6.07 Å². The Hall–Kier alpha value is -3.93. The van der Waals surface area contributed by atoms with Crippen molar-refractivity contribution in [2.75, 3.05) is 43.0 Å². The molecule has 0 spiro atoms. The maximum Gasteiger partial charge on any atom is 0.387 e. The molecule has 1 N–H and O–H groups in total. The number of pyridine rings is 1. The van der Waals surface area contributed by atoms with E-state index in [4.69, 9.17) is 0 Å². The number of rotatable bonds is 9. The Morgan fingerprint density at radius 1 is 0.976 bits per heavy atom. The molecule has 4 rings (SSSR count). The van der Waals surface area contributed by atoms with Crippen molar-refractivity contribution in [3.8, 4) is 22.6 Å². The van der Waals surface area contributed by atoms with E-state index in [1.165, 1.54) is 50.1 Å². The lowest BCUT2D eigenvalue weighted by molar-refractivity contribution is -0.122. The van der Waals surface area contributed by atoms with Crippen LogP contribution in [-0.4, -0.2) is 57.3 Å². The number of hydrogen-bond donors (Lipinski definition) is 1. The summed E-state index contributed by atoms with van der Waals surface area (Å²) in [4.78, 5) is 22.1. The molecular formula is C29H31F5N4O3. The first kappa shape index (κ1) is 30.0. The molecule has 0 aliphatic carbocycles. The maximum atomic E-state index is 14.0. The number of carbonyl (C=O) groups is 1. The number of ether oxygens (including phenoxy) is 2. The fourth-order valence-corrected chi connectivity index (χ4v) is 4.84. The predicted octanol–water partition coefficient (Wildman–Crippen LogP) is 5.75. The number of halogens is 5. The lowest BCUT2D eigenvalue weighted by Crippen LogP contribution is -2.44. The predicted molar refractivity (Wildman–Crippen MR) is 146 cm³/mol. The zero-order chi connectivity index (χ0) is 29.9. The van der Waals surface area contributed by atoms with Gasteiger partial charge in [0.15, 0.2) is 0 Å². The second-order valence-corrected chi connectivity index (χ2v) is 10.2. The number of nitrogens with zero attached hydrogens (tertiary/aromatic N) is 3. The third-order valence-electron chi connectivity index (χ3n) is 7.04. The molecule has 1 aliphatic heterocycles. The van der Waals surface area contributed by atoms with E-state index >= 15 is 0 Å². The molecule has 1 amide bonds. The third kappa shape index (κ3) is 6.87. The molecule has 2 heterocycles. The molecule has 7 nitrogen and oxygen atoms in total. The summed E-state index contributed by atoms with van der Waals surface area (Å²) in [6.45, 7) is 1.43. The Balaban J connectivity index is 1.77. The van der Waals surface area contributed by atoms with Crippen LogP contribution in [0, 0.1) is 12.7 Å². The topological polar surface area (TPSA) is 66.9 Å². The van der Waals surface area contributed by atoms with Crippen molar-refractivity contribution in [3.05, 3.63) is 65.6 Å². The molecule has 0 saturated carbocycles. The van der Waals surface area contributed by atoms with Gasteiger partial charge in [-0.15, -0.1) is 0 Å². The highest BCUT2D eigenvalue weighted by Crippen LogP contribution is 2.39. The summed E-state index contributed by atoms with van der Waals surface area (Å²) in [5.74, 6) is -1.06. The first-order valence-corrected chi connectivity index (χ1v) is 12.9. The Morgan fingerprint density at radius 3 is 2.15 bits per heavy atom. The number of likely N-dealkylation sites (N-methyl/N-ethyl adjacent to an activating group) is 1. The number of carbonyl (C=O) groups excluding carboxylic acids is 1. The highest BCUT2D eigenvalue weighted by molar-refractivity contribution is 6.03. The van der Waals surface area contributed by atoms with Crippen LogP contribution in [0.15, 0.2) is 48.7 Å².